The van der Waals surface area contributed by atoms with E-state index in [1.54, 1.807) is 6.07 Å². The normalized spacial score (nSPS) is 19.1. The Morgan fingerprint density at radius 3 is 2.53 bits per heavy atom. The number of halogens is 2. The number of hydrogen-bond donors (Lipinski definition) is 0. The van der Waals surface area contributed by atoms with E-state index in [0.29, 0.717) is 24.7 Å². The van der Waals surface area contributed by atoms with Gasteiger partial charge in [0.25, 0.3) is 5.91 Å². The molecule has 2 fully saturated rings. The van der Waals surface area contributed by atoms with E-state index in [-0.39, 0.29) is 17.4 Å². The van der Waals surface area contributed by atoms with Gasteiger partial charge < -0.3 is 14.4 Å². The Bertz CT molecular complexity index is 1070. The molecule has 206 valence electrons. The van der Waals surface area contributed by atoms with Crippen LogP contribution in [-0.4, -0.2) is 61.6 Å². The van der Waals surface area contributed by atoms with Crippen LogP contribution in [-0.2, 0) is 0 Å². The molecule has 1 atom stereocenters. The molecule has 0 aromatic heterocycles. The minimum atomic E-state index is -2.97. The summed E-state index contributed by atoms with van der Waals surface area (Å²) < 4.78 is 35.4. The van der Waals surface area contributed by atoms with Crippen LogP contribution in [0.3, 0.4) is 0 Å². The van der Waals surface area contributed by atoms with E-state index in [0.717, 1.165) is 43.0 Å². The van der Waals surface area contributed by atoms with Crippen molar-refractivity contribution in [1.82, 2.24) is 9.80 Å². The summed E-state index contributed by atoms with van der Waals surface area (Å²) in [4.78, 5) is 18.3. The highest BCUT2D eigenvalue weighted by atomic mass is 19.3. The zero-order valence-electron chi connectivity index (χ0n) is 22.6. The van der Waals surface area contributed by atoms with E-state index >= 15 is 0 Å². The van der Waals surface area contributed by atoms with Crippen LogP contribution in [0.5, 0.6) is 11.5 Å². The molecule has 1 aliphatic heterocycles. The third kappa shape index (κ3) is 7.79. The number of ether oxygens (including phenoxy) is 2. The van der Waals surface area contributed by atoms with Gasteiger partial charge in [-0.1, -0.05) is 61.2 Å². The quantitative estimate of drug-likeness (QED) is 0.320. The number of amides is 1. The largest absolute Gasteiger partial charge is 0.493 e. The molecule has 1 amide bonds. The maximum Gasteiger partial charge on any atom is 0.387 e. The topological polar surface area (TPSA) is 42.0 Å². The third-order valence-corrected chi connectivity index (χ3v) is 7.71. The molecule has 5 nitrogen and oxygen atoms in total. The van der Waals surface area contributed by atoms with Gasteiger partial charge in [0, 0.05) is 31.2 Å². The summed E-state index contributed by atoms with van der Waals surface area (Å²) in [6.45, 7) is 2.38. The minimum Gasteiger partial charge on any atom is -0.493 e. The number of carbonyl (C=O) groups excluding carboxylic acids is 1. The van der Waals surface area contributed by atoms with Gasteiger partial charge in [-0.3, -0.25) is 9.69 Å². The Kier molecular flexibility index (Phi) is 10.2. The van der Waals surface area contributed by atoms with Gasteiger partial charge in [-0.15, -0.1) is 0 Å². The average Bonchev–Trinajstić information content (AvgIpc) is 3.35. The molecular weight excluding hydrogens is 486 g/mol. The molecule has 1 unspecified atom stereocenters. The van der Waals surface area contributed by atoms with E-state index in [2.05, 4.69) is 15.7 Å². The Hall–Kier alpha value is -2.93. The molecule has 38 heavy (non-hydrogen) atoms. The van der Waals surface area contributed by atoms with Crippen LogP contribution in [0.25, 0.3) is 6.08 Å². The number of methoxy groups -OCH3 is 1. The van der Waals surface area contributed by atoms with Crippen LogP contribution in [0.2, 0.25) is 0 Å². The van der Waals surface area contributed by atoms with Gasteiger partial charge >= 0.3 is 6.61 Å². The van der Waals surface area contributed by atoms with Crippen molar-refractivity contribution in [1.29, 1.82) is 0 Å². The molecule has 7 heteroatoms. The molecule has 0 bridgehead atoms. The molecule has 2 aliphatic rings. The van der Waals surface area contributed by atoms with E-state index < -0.39 is 6.61 Å². The van der Waals surface area contributed by atoms with E-state index in [4.69, 9.17) is 4.74 Å². The van der Waals surface area contributed by atoms with Crippen molar-refractivity contribution in [3.05, 3.63) is 65.2 Å². The highest BCUT2D eigenvalue weighted by molar-refractivity contribution is 5.95. The first-order valence-corrected chi connectivity index (χ1v) is 13.8. The van der Waals surface area contributed by atoms with Crippen molar-refractivity contribution >= 4 is 12.0 Å². The van der Waals surface area contributed by atoms with Gasteiger partial charge in [0.05, 0.1) is 7.11 Å². The predicted molar refractivity (Wildman–Crippen MR) is 147 cm³/mol. The summed E-state index contributed by atoms with van der Waals surface area (Å²) in [6.07, 6.45) is 10.9. The highest BCUT2D eigenvalue weighted by Gasteiger charge is 2.31. The van der Waals surface area contributed by atoms with Crippen LogP contribution >= 0.6 is 0 Å². The molecular formula is C31H40F2N2O3. The van der Waals surface area contributed by atoms with Crippen LogP contribution in [0.1, 0.15) is 67.8 Å². The number of carbonyl (C=O) groups is 1. The first kappa shape index (κ1) is 28.1. The Balaban J connectivity index is 1.55. The second-order valence-corrected chi connectivity index (χ2v) is 10.6. The van der Waals surface area contributed by atoms with Crippen molar-refractivity contribution in [3.63, 3.8) is 0 Å². The van der Waals surface area contributed by atoms with E-state index in [1.807, 2.05) is 42.2 Å². The molecule has 1 aliphatic carbocycles. The fourth-order valence-electron chi connectivity index (χ4n) is 5.87. The smallest absolute Gasteiger partial charge is 0.387 e. The molecule has 0 N–H and O–H groups in total. The number of benzene rings is 2. The number of rotatable bonds is 11. The lowest BCUT2D eigenvalue weighted by Crippen LogP contribution is -2.45. The van der Waals surface area contributed by atoms with Crippen LogP contribution in [0.4, 0.5) is 8.78 Å². The molecule has 1 saturated carbocycles. The Morgan fingerprint density at radius 1 is 1.05 bits per heavy atom. The van der Waals surface area contributed by atoms with Crippen molar-refractivity contribution in [2.45, 2.75) is 64.5 Å². The van der Waals surface area contributed by atoms with Crippen molar-refractivity contribution < 1.29 is 23.0 Å². The molecule has 1 saturated heterocycles. The number of likely N-dealkylation sites (tertiary alicyclic amines) is 1. The zero-order valence-corrected chi connectivity index (χ0v) is 22.6. The first-order valence-electron chi connectivity index (χ1n) is 13.8. The molecule has 4 rings (SSSR count). The minimum absolute atomic E-state index is 0.0831. The number of nitrogens with zero attached hydrogens (tertiary/aromatic N) is 2. The highest BCUT2D eigenvalue weighted by Crippen LogP contribution is 2.31. The molecule has 1 heterocycles. The monoisotopic (exact) mass is 526 g/mol. The van der Waals surface area contributed by atoms with Crippen LogP contribution in [0.15, 0.2) is 54.1 Å². The fraction of sp³-hybridized carbons (Fsp3) is 0.516. The summed E-state index contributed by atoms with van der Waals surface area (Å²) in [5.41, 5.74) is 2.56. The number of alkyl halides is 2. The predicted octanol–water partition coefficient (Wildman–Crippen LogP) is 6.89. The van der Waals surface area contributed by atoms with Crippen molar-refractivity contribution in [2.24, 2.45) is 5.92 Å². The lowest BCUT2D eigenvalue weighted by molar-refractivity contribution is -0.0512. The van der Waals surface area contributed by atoms with Gasteiger partial charge in [-0.05, 0) is 68.8 Å². The summed E-state index contributed by atoms with van der Waals surface area (Å²) in [6, 6.07) is 14.8. The van der Waals surface area contributed by atoms with Gasteiger partial charge in [0.15, 0.2) is 11.5 Å². The summed E-state index contributed by atoms with van der Waals surface area (Å²) >= 11 is 0. The summed E-state index contributed by atoms with van der Waals surface area (Å²) in [5, 5.41) is 0. The Labute approximate surface area is 225 Å². The van der Waals surface area contributed by atoms with Gasteiger partial charge in [-0.2, -0.15) is 8.78 Å². The number of hydrogen-bond acceptors (Lipinski definition) is 4. The SMILES string of the molecule is COc1cc(C(=O)N(C/C(C)=C/c2ccccc2)CC2CCCN2CC2CCCCC2)ccc1OC(F)F. The lowest BCUT2D eigenvalue weighted by atomic mass is 9.89. The second-order valence-electron chi connectivity index (χ2n) is 10.6. The Morgan fingerprint density at radius 2 is 1.82 bits per heavy atom. The van der Waals surface area contributed by atoms with Crippen LogP contribution in [0, 0.1) is 5.92 Å². The zero-order chi connectivity index (χ0) is 26.9. The molecule has 0 radical (unpaired) electrons. The van der Waals surface area contributed by atoms with Crippen molar-refractivity contribution in [3.8, 4) is 11.5 Å². The second kappa shape index (κ2) is 13.7. The summed E-state index contributed by atoms with van der Waals surface area (Å²) in [5.74, 6) is 0.643. The molecule has 2 aromatic carbocycles. The summed E-state index contributed by atoms with van der Waals surface area (Å²) in [7, 11) is 1.38. The molecule has 0 spiro atoms. The van der Waals surface area contributed by atoms with E-state index in [9.17, 15) is 13.6 Å². The third-order valence-electron chi connectivity index (χ3n) is 7.71. The van der Waals surface area contributed by atoms with Gasteiger partial charge in [0.2, 0.25) is 0 Å². The van der Waals surface area contributed by atoms with Crippen molar-refractivity contribution in [2.75, 3.05) is 33.3 Å². The van der Waals surface area contributed by atoms with E-state index in [1.165, 1.54) is 51.3 Å². The van der Waals surface area contributed by atoms with Gasteiger partial charge in [-0.25, -0.2) is 0 Å². The maximum absolute atomic E-state index is 13.9. The molecule has 2 aromatic rings. The van der Waals surface area contributed by atoms with Crippen LogP contribution < -0.4 is 9.47 Å². The average molecular weight is 527 g/mol. The lowest BCUT2D eigenvalue weighted by Gasteiger charge is -2.34. The first-order chi connectivity index (χ1) is 18.4. The maximum atomic E-state index is 13.9. The fourth-order valence-corrected chi connectivity index (χ4v) is 5.87. The standard InChI is InChI=1S/C31H40F2N2O3/c1-23(18-24-10-5-3-6-11-24)20-35(22-27-14-9-17-34(27)21-25-12-7-4-8-13-25)30(36)26-15-16-28(38-31(32)33)29(19-26)37-2/h3,5-6,10-11,15-16,18-19,25,27,31H,4,7-9,12-14,17,20-22H2,1-2H3/b23-18+. The van der Waals surface area contributed by atoms with Gasteiger partial charge in [0.1, 0.15) is 0 Å².